The van der Waals surface area contributed by atoms with Crippen LogP contribution in [0.3, 0.4) is 0 Å². The molecule has 1 atom stereocenters. The first-order chi connectivity index (χ1) is 7.74. The molecule has 2 heteroatoms. The van der Waals surface area contributed by atoms with E-state index in [1.165, 1.54) is 0 Å². The molecule has 0 amide bonds. The van der Waals surface area contributed by atoms with E-state index in [0.29, 0.717) is 6.42 Å². The number of rotatable bonds is 5. The Labute approximate surface area is 95.6 Å². The van der Waals surface area contributed by atoms with Crippen LogP contribution in [0.1, 0.15) is 18.4 Å². The van der Waals surface area contributed by atoms with Gasteiger partial charge in [-0.3, -0.25) is 4.79 Å². The van der Waals surface area contributed by atoms with Crippen LogP contribution in [0.15, 0.2) is 36.4 Å². The SMILES string of the molecule is C#CC[C@H](C/C=C/c1ccccc1)C(=O)O. The molecular formula is C14H14O2. The van der Waals surface area contributed by atoms with Gasteiger partial charge in [0.15, 0.2) is 0 Å². The van der Waals surface area contributed by atoms with Crippen LogP contribution in [0.25, 0.3) is 6.08 Å². The van der Waals surface area contributed by atoms with Crippen LogP contribution in [0.2, 0.25) is 0 Å². The molecule has 0 saturated carbocycles. The van der Waals surface area contributed by atoms with E-state index in [2.05, 4.69) is 5.92 Å². The van der Waals surface area contributed by atoms with Gasteiger partial charge in [0.25, 0.3) is 0 Å². The van der Waals surface area contributed by atoms with Gasteiger partial charge in [0.2, 0.25) is 0 Å². The maximum absolute atomic E-state index is 10.8. The van der Waals surface area contributed by atoms with Gasteiger partial charge in [0, 0.05) is 6.42 Å². The Hall–Kier alpha value is -2.01. The Morgan fingerprint density at radius 2 is 2.12 bits per heavy atom. The maximum Gasteiger partial charge on any atom is 0.307 e. The molecule has 0 aliphatic heterocycles. The fourth-order valence-electron chi connectivity index (χ4n) is 1.35. The number of allylic oxidation sites excluding steroid dienone is 1. The van der Waals surface area contributed by atoms with Crippen molar-refractivity contribution in [2.75, 3.05) is 0 Å². The number of hydrogen-bond acceptors (Lipinski definition) is 1. The second kappa shape index (κ2) is 6.47. The molecule has 1 N–H and O–H groups in total. The van der Waals surface area contributed by atoms with Gasteiger partial charge in [-0.05, 0) is 12.0 Å². The normalized spacial score (nSPS) is 12.2. The molecule has 0 fully saturated rings. The summed E-state index contributed by atoms with van der Waals surface area (Å²) < 4.78 is 0. The summed E-state index contributed by atoms with van der Waals surface area (Å²) in [7, 11) is 0. The van der Waals surface area contributed by atoms with Crippen LogP contribution in [0.5, 0.6) is 0 Å². The van der Waals surface area contributed by atoms with Crippen LogP contribution in [-0.2, 0) is 4.79 Å². The molecule has 0 saturated heterocycles. The molecule has 2 nitrogen and oxygen atoms in total. The van der Waals surface area contributed by atoms with E-state index < -0.39 is 11.9 Å². The molecular weight excluding hydrogens is 200 g/mol. The molecule has 0 bridgehead atoms. The number of hydrogen-bond donors (Lipinski definition) is 1. The number of benzene rings is 1. The van der Waals surface area contributed by atoms with Crippen molar-refractivity contribution in [1.29, 1.82) is 0 Å². The molecule has 0 radical (unpaired) electrons. The first-order valence-electron chi connectivity index (χ1n) is 5.12. The van der Waals surface area contributed by atoms with Crippen molar-refractivity contribution in [1.82, 2.24) is 0 Å². The molecule has 1 aromatic rings. The average molecular weight is 214 g/mol. The van der Waals surface area contributed by atoms with E-state index in [-0.39, 0.29) is 6.42 Å². The number of carboxylic acid groups (broad SMARTS) is 1. The molecule has 0 spiro atoms. The van der Waals surface area contributed by atoms with Crippen molar-refractivity contribution >= 4 is 12.0 Å². The van der Waals surface area contributed by atoms with Crippen molar-refractivity contribution in [3.05, 3.63) is 42.0 Å². The van der Waals surface area contributed by atoms with E-state index in [1.807, 2.05) is 42.5 Å². The van der Waals surface area contributed by atoms with Crippen molar-refractivity contribution in [2.45, 2.75) is 12.8 Å². The fourth-order valence-corrected chi connectivity index (χ4v) is 1.35. The second-order valence-corrected chi connectivity index (χ2v) is 3.49. The molecule has 0 unspecified atom stereocenters. The first-order valence-corrected chi connectivity index (χ1v) is 5.12. The second-order valence-electron chi connectivity index (χ2n) is 3.49. The molecule has 0 heterocycles. The van der Waals surface area contributed by atoms with Gasteiger partial charge in [0.1, 0.15) is 0 Å². The van der Waals surface area contributed by atoms with Crippen molar-refractivity contribution in [3.63, 3.8) is 0 Å². The summed E-state index contributed by atoms with van der Waals surface area (Å²) in [4.78, 5) is 10.8. The topological polar surface area (TPSA) is 37.3 Å². The molecule has 0 aliphatic rings. The molecule has 16 heavy (non-hydrogen) atoms. The van der Waals surface area contributed by atoms with Crippen LogP contribution in [0.4, 0.5) is 0 Å². The standard InChI is InChI=1S/C14H14O2/c1-2-7-13(14(15)16)11-6-10-12-8-4-3-5-9-12/h1,3-6,8-10,13H,7,11H2,(H,15,16)/b10-6+/t13-/m1/s1. The van der Waals surface area contributed by atoms with Crippen molar-refractivity contribution in [2.24, 2.45) is 5.92 Å². The van der Waals surface area contributed by atoms with Gasteiger partial charge in [-0.15, -0.1) is 12.3 Å². The predicted molar refractivity (Wildman–Crippen MR) is 64.7 cm³/mol. The summed E-state index contributed by atoms with van der Waals surface area (Å²) in [5.74, 6) is 1.06. The lowest BCUT2D eigenvalue weighted by Crippen LogP contribution is -2.11. The highest BCUT2D eigenvalue weighted by atomic mass is 16.4. The molecule has 1 aromatic carbocycles. The minimum atomic E-state index is -0.837. The van der Waals surface area contributed by atoms with Gasteiger partial charge in [0.05, 0.1) is 5.92 Å². The molecule has 1 rings (SSSR count). The zero-order chi connectivity index (χ0) is 11.8. The molecule has 82 valence electrons. The van der Waals surface area contributed by atoms with Gasteiger partial charge in [-0.2, -0.15) is 0 Å². The average Bonchev–Trinajstić information content (AvgIpc) is 2.29. The maximum atomic E-state index is 10.8. The Bertz CT molecular complexity index is 398. The number of aliphatic carboxylic acids is 1. The number of carbonyl (C=O) groups is 1. The zero-order valence-electron chi connectivity index (χ0n) is 8.97. The summed E-state index contributed by atoms with van der Waals surface area (Å²) in [5.41, 5.74) is 1.06. The van der Waals surface area contributed by atoms with Crippen LogP contribution in [-0.4, -0.2) is 11.1 Å². The summed E-state index contributed by atoms with van der Waals surface area (Å²) in [5, 5.41) is 8.87. The third kappa shape index (κ3) is 4.02. The summed E-state index contributed by atoms with van der Waals surface area (Å²) in [6.45, 7) is 0. The van der Waals surface area contributed by atoms with Crippen LogP contribution < -0.4 is 0 Å². The number of terminal acetylenes is 1. The fraction of sp³-hybridized carbons (Fsp3) is 0.214. The highest BCUT2D eigenvalue weighted by Crippen LogP contribution is 2.11. The summed E-state index contributed by atoms with van der Waals surface area (Å²) in [6, 6.07) is 9.75. The lowest BCUT2D eigenvalue weighted by molar-refractivity contribution is -0.141. The van der Waals surface area contributed by atoms with E-state index in [4.69, 9.17) is 11.5 Å². The van der Waals surface area contributed by atoms with Crippen LogP contribution >= 0.6 is 0 Å². The lowest BCUT2D eigenvalue weighted by Gasteiger charge is -2.04. The smallest absolute Gasteiger partial charge is 0.307 e. The van der Waals surface area contributed by atoms with E-state index >= 15 is 0 Å². The Morgan fingerprint density at radius 3 is 2.69 bits per heavy atom. The third-order valence-electron chi connectivity index (χ3n) is 2.24. The zero-order valence-corrected chi connectivity index (χ0v) is 8.97. The predicted octanol–water partition coefficient (Wildman–Crippen LogP) is 2.81. The lowest BCUT2D eigenvalue weighted by atomic mass is 10.0. The van der Waals surface area contributed by atoms with E-state index in [9.17, 15) is 4.79 Å². The van der Waals surface area contributed by atoms with Crippen molar-refractivity contribution < 1.29 is 9.90 Å². The molecule has 0 aliphatic carbocycles. The highest BCUT2D eigenvalue weighted by molar-refractivity contribution is 5.70. The Kier molecular flexibility index (Phi) is 4.88. The quantitative estimate of drug-likeness (QED) is 0.765. The van der Waals surface area contributed by atoms with Gasteiger partial charge in [-0.1, -0.05) is 42.5 Å². The minimum absolute atomic E-state index is 0.272. The first kappa shape index (κ1) is 12.1. The van der Waals surface area contributed by atoms with Gasteiger partial charge in [-0.25, -0.2) is 0 Å². The van der Waals surface area contributed by atoms with Crippen molar-refractivity contribution in [3.8, 4) is 12.3 Å². The van der Waals surface area contributed by atoms with Gasteiger partial charge >= 0.3 is 5.97 Å². The van der Waals surface area contributed by atoms with Gasteiger partial charge < -0.3 is 5.11 Å². The summed E-state index contributed by atoms with van der Waals surface area (Å²) >= 11 is 0. The van der Waals surface area contributed by atoms with Crippen LogP contribution in [0, 0.1) is 18.3 Å². The Balaban J connectivity index is 2.53. The third-order valence-corrected chi connectivity index (χ3v) is 2.24. The minimum Gasteiger partial charge on any atom is -0.481 e. The number of carboxylic acids is 1. The molecule has 0 aromatic heterocycles. The Morgan fingerprint density at radius 1 is 1.44 bits per heavy atom. The largest absolute Gasteiger partial charge is 0.481 e. The monoisotopic (exact) mass is 214 g/mol. The highest BCUT2D eigenvalue weighted by Gasteiger charge is 2.13. The van der Waals surface area contributed by atoms with E-state index in [0.717, 1.165) is 5.56 Å². The van der Waals surface area contributed by atoms with E-state index in [1.54, 1.807) is 0 Å². The summed E-state index contributed by atoms with van der Waals surface area (Å²) in [6.07, 6.45) is 9.61.